The molecule has 2 rings (SSSR count). The molecular weight excluding hydrogens is 124 g/mol. The van der Waals surface area contributed by atoms with Crippen molar-refractivity contribution in [1.29, 1.82) is 0 Å². The first-order valence-electron chi connectivity index (χ1n) is 3.91. The molecule has 2 bridgehead atoms. The molecule has 2 unspecified atom stereocenters. The van der Waals surface area contributed by atoms with Crippen molar-refractivity contribution in [2.45, 2.75) is 19.8 Å². The number of hydrogen-bond acceptors (Lipinski definition) is 1. The molecule has 1 saturated carbocycles. The second kappa shape index (κ2) is 1.71. The van der Waals surface area contributed by atoms with Crippen molar-refractivity contribution < 1.29 is 4.79 Å². The average molecular weight is 136 g/mol. The number of carbonyl (C=O) groups is 1. The van der Waals surface area contributed by atoms with Gasteiger partial charge in [0.25, 0.3) is 0 Å². The highest BCUT2D eigenvalue weighted by Gasteiger charge is 2.44. The Morgan fingerprint density at radius 2 is 2.40 bits per heavy atom. The summed E-state index contributed by atoms with van der Waals surface area (Å²) in [4.78, 5) is 10.7. The number of aldehydes is 1. The first-order chi connectivity index (χ1) is 4.76. The lowest BCUT2D eigenvalue weighted by Crippen LogP contribution is -2.14. The van der Waals surface area contributed by atoms with E-state index in [0.29, 0.717) is 5.92 Å². The molecule has 0 spiro atoms. The van der Waals surface area contributed by atoms with Crippen LogP contribution in [0.5, 0.6) is 0 Å². The van der Waals surface area contributed by atoms with Crippen LogP contribution in [-0.4, -0.2) is 6.29 Å². The average Bonchev–Trinajstić information content (AvgIpc) is 2.45. The van der Waals surface area contributed by atoms with Gasteiger partial charge >= 0.3 is 0 Å². The largest absolute Gasteiger partial charge is 0.302 e. The van der Waals surface area contributed by atoms with Crippen LogP contribution >= 0.6 is 0 Å². The predicted octanol–water partition coefficient (Wildman–Crippen LogP) is 1.79. The quantitative estimate of drug-likeness (QED) is 0.396. The predicted molar refractivity (Wildman–Crippen MR) is 39.5 cm³/mol. The van der Waals surface area contributed by atoms with Crippen LogP contribution in [0, 0.1) is 17.3 Å². The van der Waals surface area contributed by atoms with Gasteiger partial charge in [0.2, 0.25) is 0 Å². The number of carbonyl (C=O) groups excluding carboxylic acids is 1. The molecule has 3 atom stereocenters. The van der Waals surface area contributed by atoms with E-state index in [1.807, 2.05) is 0 Å². The lowest BCUT2D eigenvalue weighted by atomic mass is 9.87. The first-order valence-corrected chi connectivity index (χ1v) is 3.91. The van der Waals surface area contributed by atoms with Crippen LogP contribution in [0.3, 0.4) is 0 Å². The maximum atomic E-state index is 10.7. The minimum atomic E-state index is -0.0376. The first kappa shape index (κ1) is 6.14. The van der Waals surface area contributed by atoms with Gasteiger partial charge in [-0.1, -0.05) is 19.1 Å². The summed E-state index contributed by atoms with van der Waals surface area (Å²) in [6.07, 6.45) is 7.61. The summed E-state index contributed by atoms with van der Waals surface area (Å²) in [5, 5.41) is 0. The fraction of sp³-hybridized carbons (Fsp3) is 0.667. The molecule has 0 N–H and O–H groups in total. The number of rotatable bonds is 1. The molecule has 54 valence electrons. The zero-order chi connectivity index (χ0) is 7.19. The van der Waals surface area contributed by atoms with E-state index in [9.17, 15) is 4.79 Å². The monoisotopic (exact) mass is 136 g/mol. The molecule has 0 aromatic carbocycles. The van der Waals surface area contributed by atoms with Crippen LogP contribution in [0.2, 0.25) is 0 Å². The second-order valence-corrected chi connectivity index (χ2v) is 3.76. The Morgan fingerprint density at radius 3 is 2.70 bits per heavy atom. The molecule has 2 aliphatic carbocycles. The molecule has 0 aliphatic heterocycles. The second-order valence-electron chi connectivity index (χ2n) is 3.76. The van der Waals surface area contributed by atoms with Crippen molar-refractivity contribution >= 4 is 6.29 Å². The van der Waals surface area contributed by atoms with Crippen LogP contribution < -0.4 is 0 Å². The minimum absolute atomic E-state index is 0.0376. The van der Waals surface area contributed by atoms with Gasteiger partial charge in [-0.15, -0.1) is 0 Å². The van der Waals surface area contributed by atoms with E-state index in [1.54, 1.807) is 0 Å². The minimum Gasteiger partial charge on any atom is -0.302 e. The Bertz CT molecular complexity index is 195. The van der Waals surface area contributed by atoms with Gasteiger partial charge in [0.15, 0.2) is 0 Å². The summed E-state index contributed by atoms with van der Waals surface area (Å²) in [6, 6.07) is 0. The van der Waals surface area contributed by atoms with Crippen LogP contribution in [0.1, 0.15) is 19.8 Å². The van der Waals surface area contributed by atoms with Crippen molar-refractivity contribution in [2.75, 3.05) is 0 Å². The molecule has 0 aromatic rings. The Morgan fingerprint density at radius 1 is 1.60 bits per heavy atom. The lowest BCUT2D eigenvalue weighted by Gasteiger charge is -2.16. The van der Waals surface area contributed by atoms with Crippen molar-refractivity contribution in [1.82, 2.24) is 0 Å². The molecule has 2 aliphatic rings. The van der Waals surface area contributed by atoms with Crippen molar-refractivity contribution in [3.63, 3.8) is 0 Å². The number of hydrogen-bond donors (Lipinski definition) is 0. The molecule has 0 amide bonds. The molecule has 0 saturated heterocycles. The van der Waals surface area contributed by atoms with Crippen molar-refractivity contribution in [3.05, 3.63) is 12.2 Å². The van der Waals surface area contributed by atoms with Crippen molar-refractivity contribution in [3.8, 4) is 0 Å². The smallest absolute Gasteiger partial charge is 0.129 e. The van der Waals surface area contributed by atoms with Gasteiger partial charge in [0.05, 0.1) is 0 Å². The Hall–Kier alpha value is -0.590. The molecule has 1 fully saturated rings. The summed E-state index contributed by atoms with van der Waals surface area (Å²) in [6.45, 7) is 2.24. The third-order valence-corrected chi connectivity index (χ3v) is 2.96. The van der Waals surface area contributed by atoms with E-state index < -0.39 is 0 Å². The SMILES string of the molecule is C[C@@H]1CC2(C=O)C=CC1C2. The van der Waals surface area contributed by atoms with E-state index in [2.05, 4.69) is 19.1 Å². The zero-order valence-electron chi connectivity index (χ0n) is 6.21. The van der Waals surface area contributed by atoms with E-state index in [1.165, 1.54) is 0 Å². The normalized spacial score (nSPS) is 50.1. The van der Waals surface area contributed by atoms with E-state index >= 15 is 0 Å². The lowest BCUT2D eigenvalue weighted by molar-refractivity contribution is -0.113. The van der Waals surface area contributed by atoms with E-state index in [4.69, 9.17) is 0 Å². The third kappa shape index (κ3) is 0.606. The fourth-order valence-corrected chi connectivity index (χ4v) is 2.32. The van der Waals surface area contributed by atoms with E-state index in [0.717, 1.165) is 25.0 Å². The summed E-state index contributed by atoms with van der Waals surface area (Å²) in [5.41, 5.74) is -0.0376. The highest BCUT2D eigenvalue weighted by Crippen LogP contribution is 2.50. The Kier molecular flexibility index (Phi) is 1.05. The van der Waals surface area contributed by atoms with Gasteiger partial charge in [-0.3, -0.25) is 0 Å². The van der Waals surface area contributed by atoms with Crippen LogP contribution in [0.25, 0.3) is 0 Å². The van der Waals surface area contributed by atoms with Gasteiger partial charge in [-0.25, -0.2) is 0 Å². The topological polar surface area (TPSA) is 17.1 Å². The molecule has 10 heavy (non-hydrogen) atoms. The summed E-state index contributed by atoms with van der Waals surface area (Å²) in [7, 11) is 0. The number of fused-ring (bicyclic) bond motifs is 2. The van der Waals surface area contributed by atoms with Crippen molar-refractivity contribution in [2.24, 2.45) is 17.3 Å². The fourth-order valence-electron chi connectivity index (χ4n) is 2.32. The maximum absolute atomic E-state index is 10.7. The maximum Gasteiger partial charge on any atom is 0.129 e. The summed E-state index contributed by atoms with van der Waals surface area (Å²) >= 11 is 0. The van der Waals surface area contributed by atoms with Gasteiger partial charge in [-0.05, 0) is 24.7 Å². The van der Waals surface area contributed by atoms with Crippen LogP contribution in [-0.2, 0) is 4.79 Å². The van der Waals surface area contributed by atoms with E-state index in [-0.39, 0.29) is 5.41 Å². The molecule has 1 heteroatoms. The van der Waals surface area contributed by atoms with Crippen LogP contribution in [0.15, 0.2) is 12.2 Å². The molecule has 1 nitrogen and oxygen atoms in total. The molecule has 0 heterocycles. The molecule has 0 aromatic heterocycles. The van der Waals surface area contributed by atoms with Gasteiger partial charge in [-0.2, -0.15) is 0 Å². The third-order valence-electron chi connectivity index (χ3n) is 2.96. The zero-order valence-corrected chi connectivity index (χ0v) is 6.21. The standard InChI is InChI=1S/C9H12O/c1-7-4-9(6-10)3-2-8(7)5-9/h2-3,6-8H,4-5H2,1H3/t7-,8?,9?/m1/s1. The summed E-state index contributed by atoms with van der Waals surface area (Å²) < 4.78 is 0. The Labute approximate surface area is 61.1 Å². The Balaban J connectivity index is 2.31. The van der Waals surface area contributed by atoms with Gasteiger partial charge in [0, 0.05) is 5.41 Å². The highest BCUT2D eigenvalue weighted by molar-refractivity contribution is 5.65. The highest BCUT2D eigenvalue weighted by atomic mass is 16.1. The number of allylic oxidation sites excluding steroid dienone is 2. The van der Waals surface area contributed by atoms with Crippen LogP contribution in [0.4, 0.5) is 0 Å². The molecule has 0 radical (unpaired) electrons. The summed E-state index contributed by atoms with van der Waals surface area (Å²) in [5.74, 6) is 1.43. The molecular formula is C9H12O. The van der Waals surface area contributed by atoms with Gasteiger partial charge < -0.3 is 4.79 Å². The van der Waals surface area contributed by atoms with Gasteiger partial charge in [0.1, 0.15) is 6.29 Å².